The molecule has 0 aliphatic rings. The Morgan fingerprint density at radius 2 is 1.74 bits per heavy atom. The van der Waals surface area contributed by atoms with E-state index in [0.717, 1.165) is 41.8 Å². The van der Waals surface area contributed by atoms with Crippen molar-refractivity contribution in [1.82, 2.24) is 0 Å². The number of rotatable bonds is 6. The van der Waals surface area contributed by atoms with Crippen LogP contribution in [-0.4, -0.2) is 17.6 Å². The standard InChI is InChI=1S/C20H25F2N3O.HI/c1-4-13-7-6-8-14(5-2)18(13)25-19(23)24-12-20(3,26)16-10-9-15(21)11-17(16)22;/h6-11,26H,4-5,12H2,1-3H3,(H3,23,24,25);1H. The van der Waals surface area contributed by atoms with E-state index in [1.807, 2.05) is 18.2 Å². The first kappa shape index (κ1) is 23.3. The molecule has 4 nitrogen and oxygen atoms in total. The van der Waals surface area contributed by atoms with Gasteiger partial charge < -0.3 is 16.2 Å². The van der Waals surface area contributed by atoms with Gasteiger partial charge in [-0.3, -0.25) is 0 Å². The van der Waals surface area contributed by atoms with Crippen molar-refractivity contribution in [2.24, 2.45) is 10.7 Å². The molecule has 0 aromatic heterocycles. The van der Waals surface area contributed by atoms with Crippen LogP contribution in [0.3, 0.4) is 0 Å². The van der Waals surface area contributed by atoms with Crippen LogP contribution in [0.2, 0.25) is 0 Å². The van der Waals surface area contributed by atoms with E-state index < -0.39 is 17.2 Å². The number of hydrogen-bond donors (Lipinski definition) is 3. The summed E-state index contributed by atoms with van der Waals surface area (Å²) in [7, 11) is 0. The lowest BCUT2D eigenvalue weighted by Crippen LogP contribution is -2.31. The number of anilines is 1. The molecule has 7 heteroatoms. The second kappa shape index (κ2) is 9.98. The summed E-state index contributed by atoms with van der Waals surface area (Å²) in [5, 5.41) is 13.6. The Morgan fingerprint density at radius 3 is 2.26 bits per heavy atom. The highest BCUT2D eigenvalue weighted by molar-refractivity contribution is 14.0. The maximum absolute atomic E-state index is 13.9. The number of para-hydroxylation sites is 1. The van der Waals surface area contributed by atoms with Crippen LogP contribution >= 0.6 is 24.0 Å². The average molecular weight is 489 g/mol. The molecule has 2 aromatic carbocycles. The van der Waals surface area contributed by atoms with Crippen LogP contribution in [0, 0.1) is 11.6 Å². The Bertz CT molecular complexity index is 788. The van der Waals surface area contributed by atoms with E-state index in [1.54, 1.807) is 0 Å². The van der Waals surface area contributed by atoms with Gasteiger partial charge in [0.25, 0.3) is 0 Å². The van der Waals surface area contributed by atoms with Crippen LogP contribution in [0.15, 0.2) is 41.4 Å². The smallest absolute Gasteiger partial charge is 0.193 e. The largest absolute Gasteiger partial charge is 0.383 e. The predicted molar refractivity (Wildman–Crippen MR) is 117 cm³/mol. The molecule has 0 heterocycles. The fourth-order valence-corrected chi connectivity index (χ4v) is 2.82. The van der Waals surface area contributed by atoms with E-state index in [0.29, 0.717) is 0 Å². The normalized spacial score (nSPS) is 13.6. The summed E-state index contributed by atoms with van der Waals surface area (Å²) in [5.41, 5.74) is 7.46. The van der Waals surface area contributed by atoms with Crippen molar-refractivity contribution in [3.63, 3.8) is 0 Å². The SMILES string of the molecule is CCc1cccc(CC)c1NC(N)=NCC(C)(O)c1ccc(F)cc1F.I. The van der Waals surface area contributed by atoms with Crippen molar-refractivity contribution in [1.29, 1.82) is 0 Å². The molecular weight excluding hydrogens is 463 g/mol. The molecule has 1 unspecified atom stereocenters. The number of benzene rings is 2. The molecule has 2 aromatic rings. The molecule has 1 atom stereocenters. The predicted octanol–water partition coefficient (Wildman–Crippen LogP) is 4.34. The van der Waals surface area contributed by atoms with Crippen molar-refractivity contribution in [2.45, 2.75) is 39.2 Å². The van der Waals surface area contributed by atoms with E-state index in [9.17, 15) is 13.9 Å². The molecule has 2 rings (SSSR count). The van der Waals surface area contributed by atoms with Gasteiger partial charge in [0.2, 0.25) is 0 Å². The van der Waals surface area contributed by atoms with E-state index in [4.69, 9.17) is 5.73 Å². The Balaban J connectivity index is 0.00000364. The van der Waals surface area contributed by atoms with Gasteiger partial charge in [-0.05, 0) is 37.0 Å². The Morgan fingerprint density at radius 1 is 1.15 bits per heavy atom. The topological polar surface area (TPSA) is 70.6 Å². The van der Waals surface area contributed by atoms with Crippen LogP contribution in [-0.2, 0) is 18.4 Å². The van der Waals surface area contributed by atoms with Crippen molar-refractivity contribution >= 4 is 35.6 Å². The van der Waals surface area contributed by atoms with Gasteiger partial charge in [-0.2, -0.15) is 0 Å². The van der Waals surface area contributed by atoms with Crippen LogP contribution in [0.1, 0.15) is 37.5 Å². The fourth-order valence-electron chi connectivity index (χ4n) is 2.82. The molecule has 0 bridgehead atoms. The maximum atomic E-state index is 13.9. The monoisotopic (exact) mass is 489 g/mol. The minimum absolute atomic E-state index is 0. The molecule has 0 amide bonds. The average Bonchev–Trinajstić information content (AvgIpc) is 2.60. The van der Waals surface area contributed by atoms with Gasteiger partial charge in [-0.15, -0.1) is 24.0 Å². The second-order valence-electron chi connectivity index (χ2n) is 6.38. The van der Waals surface area contributed by atoms with Crippen LogP contribution in [0.5, 0.6) is 0 Å². The highest BCUT2D eigenvalue weighted by Gasteiger charge is 2.26. The molecule has 0 aliphatic carbocycles. The Kier molecular flexibility index (Phi) is 8.61. The zero-order valence-electron chi connectivity index (χ0n) is 15.7. The summed E-state index contributed by atoms with van der Waals surface area (Å²) in [6.07, 6.45) is 1.67. The number of halogens is 3. The fraction of sp³-hybridized carbons (Fsp3) is 0.350. The minimum Gasteiger partial charge on any atom is -0.383 e. The van der Waals surface area contributed by atoms with Gasteiger partial charge in [0.1, 0.15) is 17.2 Å². The van der Waals surface area contributed by atoms with Gasteiger partial charge in [0, 0.05) is 17.3 Å². The summed E-state index contributed by atoms with van der Waals surface area (Å²) >= 11 is 0. The zero-order chi connectivity index (χ0) is 19.3. The Hall–Kier alpha value is -1.74. The Labute approximate surface area is 175 Å². The summed E-state index contributed by atoms with van der Waals surface area (Å²) in [6, 6.07) is 9.07. The molecule has 27 heavy (non-hydrogen) atoms. The third-order valence-electron chi connectivity index (χ3n) is 4.32. The van der Waals surface area contributed by atoms with Crippen LogP contribution in [0.25, 0.3) is 0 Å². The van der Waals surface area contributed by atoms with Gasteiger partial charge >= 0.3 is 0 Å². The first-order valence-corrected chi connectivity index (χ1v) is 8.64. The zero-order valence-corrected chi connectivity index (χ0v) is 18.1. The van der Waals surface area contributed by atoms with Crippen LogP contribution in [0.4, 0.5) is 14.5 Å². The molecule has 0 spiro atoms. The number of nitrogens with one attached hydrogen (secondary N) is 1. The summed E-state index contributed by atoms with van der Waals surface area (Å²) in [4.78, 5) is 4.15. The van der Waals surface area contributed by atoms with Crippen molar-refractivity contribution in [3.05, 3.63) is 64.7 Å². The van der Waals surface area contributed by atoms with Crippen molar-refractivity contribution in [2.75, 3.05) is 11.9 Å². The first-order chi connectivity index (χ1) is 12.3. The number of aryl methyl sites for hydroxylation is 2. The highest BCUT2D eigenvalue weighted by atomic mass is 127. The molecule has 0 saturated heterocycles. The van der Waals surface area contributed by atoms with E-state index in [2.05, 4.69) is 24.2 Å². The first-order valence-electron chi connectivity index (χ1n) is 8.64. The molecule has 0 fully saturated rings. The summed E-state index contributed by atoms with van der Waals surface area (Å²) < 4.78 is 27.0. The lowest BCUT2D eigenvalue weighted by molar-refractivity contribution is 0.0634. The lowest BCUT2D eigenvalue weighted by Gasteiger charge is -2.23. The number of nitrogens with two attached hydrogens (primary N) is 1. The number of aliphatic hydroxyl groups is 1. The number of guanidine groups is 1. The quantitative estimate of drug-likeness (QED) is 0.321. The molecule has 0 aliphatic heterocycles. The van der Waals surface area contributed by atoms with Crippen LogP contribution < -0.4 is 11.1 Å². The maximum Gasteiger partial charge on any atom is 0.193 e. The molecule has 0 radical (unpaired) electrons. The van der Waals surface area contributed by atoms with E-state index in [1.165, 1.54) is 13.0 Å². The molecule has 0 saturated carbocycles. The third kappa shape index (κ3) is 5.87. The molecular formula is C20H26F2IN3O. The van der Waals surface area contributed by atoms with Gasteiger partial charge in [0.15, 0.2) is 5.96 Å². The minimum atomic E-state index is -1.61. The van der Waals surface area contributed by atoms with Gasteiger partial charge in [0.05, 0.1) is 6.54 Å². The van der Waals surface area contributed by atoms with E-state index in [-0.39, 0.29) is 42.0 Å². The van der Waals surface area contributed by atoms with Gasteiger partial charge in [-0.25, -0.2) is 13.8 Å². The summed E-state index contributed by atoms with van der Waals surface area (Å²) in [5.74, 6) is -1.39. The van der Waals surface area contributed by atoms with Gasteiger partial charge in [-0.1, -0.05) is 38.1 Å². The number of aliphatic imine (C=N–C) groups is 1. The second-order valence-corrected chi connectivity index (χ2v) is 6.38. The van der Waals surface area contributed by atoms with Crippen molar-refractivity contribution in [3.8, 4) is 0 Å². The molecule has 4 N–H and O–H groups in total. The van der Waals surface area contributed by atoms with Crippen molar-refractivity contribution < 1.29 is 13.9 Å². The van der Waals surface area contributed by atoms with E-state index >= 15 is 0 Å². The third-order valence-corrected chi connectivity index (χ3v) is 4.32. The number of nitrogens with zero attached hydrogens (tertiary/aromatic N) is 1. The lowest BCUT2D eigenvalue weighted by atomic mass is 9.95. The summed E-state index contributed by atoms with van der Waals surface area (Å²) in [6.45, 7) is 5.35. The number of hydrogen-bond acceptors (Lipinski definition) is 2. The highest BCUT2D eigenvalue weighted by Crippen LogP contribution is 2.25. The molecule has 148 valence electrons.